The molecule has 0 saturated carbocycles. The standard InChI is InChI=1S/C17H27NO4/c1-6-7-8-9-10-12(4)13(19)16-14(22-16)17(21-5,11(2)3)18-15(16)20/h11,14H,4,6-10H2,1-3,5H3,(H,18,20)/t14-,16+,17+/m1/s1. The van der Waals surface area contributed by atoms with Gasteiger partial charge in [0.25, 0.3) is 5.91 Å². The lowest BCUT2D eigenvalue weighted by atomic mass is 9.88. The zero-order valence-electron chi connectivity index (χ0n) is 14.0. The third-order valence-corrected chi connectivity index (χ3v) is 4.84. The van der Waals surface area contributed by atoms with E-state index in [0.29, 0.717) is 12.0 Å². The lowest BCUT2D eigenvalue weighted by Gasteiger charge is -2.32. The van der Waals surface area contributed by atoms with E-state index < -0.39 is 23.3 Å². The molecular formula is C17H27NO4. The fraction of sp³-hybridized carbons (Fsp3) is 0.765. The number of Topliss-reactive ketones (excluding diaryl/α,β-unsaturated/α-hetero) is 1. The molecule has 3 atom stereocenters. The molecule has 0 aromatic carbocycles. The smallest absolute Gasteiger partial charge is 0.265 e. The van der Waals surface area contributed by atoms with Crippen molar-refractivity contribution in [3.8, 4) is 0 Å². The zero-order chi connectivity index (χ0) is 16.5. The minimum absolute atomic E-state index is 0.00134. The first-order chi connectivity index (χ1) is 10.4. The van der Waals surface area contributed by atoms with E-state index in [2.05, 4.69) is 18.8 Å². The number of ether oxygens (including phenoxy) is 2. The Morgan fingerprint density at radius 2 is 2.09 bits per heavy atom. The largest absolute Gasteiger partial charge is 0.356 e. The second-order valence-electron chi connectivity index (χ2n) is 6.58. The Bertz CT molecular complexity index is 487. The molecule has 5 nitrogen and oxygen atoms in total. The van der Waals surface area contributed by atoms with Crippen LogP contribution >= 0.6 is 0 Å². The minimum Gasteiger partial charge on any atom is -0.356 e. The van der Waals surface area contributed by atoms with Gasteiger partial charge in [-0.05, 0) is 18.4 Å². The number of hydrogen-bond acceptors (Lipinski definition) is 4. The number of morpholine rings is 1. The van der Waals surface area contributed by atoms with Gasteiger partial charge in [0.1, 0.15) is 0 Å². The van der Waals surface area contributed by atoms with Gasteiger partial charge in [0.05, 0.1) is 0 Å². The van der Waals surface area contributed by atoms with Gasteiger partial charge in [-0.1, -0.05) is 46.6 Å². The van der Waals surface area contributed by atoms with Crippen LogP contribution in [0.2, 0.25) is 0 Å². The number of nitrogens with one attached hydrogen (secondary N) is 1. The Kier molecular flexibility index (Phi) is 4.78. The Morgan fingerprint density at radius 3 is 2.55 bits per heavy atom. The molecule has 0 spiro atoms. The minimum atomic E-state index is -1.40. The SMILES string of the molecule is C=C(CCCCCC)C(=O)[C@]12O[C@H]1[C@@](OC)(C(C)C)NC2=O. The van der Waals surface area contributed by atoms with Gasteiger partial charge in [0.15, 0.2) is 11.8 Å². The third-order valence-electron chi connectivity index (χ3n) is 4.84. The molecule has 0 unspecified atom stereocenters. The summed E-state index contributed by atoms with van der Waals surface area (Å²) in [6.07, 6.45) is 4.33. The Labute approximate surface area is 132 Å². The number of amides is 1. The highest BCUT2D eigenvalue weighted by Crippen LogP contribution is 2.53. The van der Waals surface area contributed by atoms with Crippen LogP contribution in [-0.2, 0) is 19.1 Å². The van der Waals surface area contributed by atoms with Crippen molar-refractivity contribution in [3.63, 3.8) is 0 Å². The Morgan fingerprint density at radius 1 is 1.41 bits per heavy atom. The number of carbonyl (C=O) groups excluding carboxylic acids is 2. The van der Waals surface area contributed by atoms with E-state index in [4.69, 9.17) is 9.47 Å². The summed E-state index contributed by atoms with van der Waals surface area (Å²) in [6, 6.07) is 0. The van der Waals surface area contributed by atoms with Crippen molar-refractivity contribution in [3.05, 3.63) is 12.2 Å². The molecule has 0 aromatic rings. The van der Waals surface area contributed by atoms with Crippen LogP contribution in [0.3, 0.4) is 0 Å². The van der Waals surface area contributed by atoms with Gasteiger partial charge < -0.3 is 14.8 Å². The highest BCUT2D eigenvalue weighted by atomic mass is 16.7. The van der Waals surface area contributed by atoms with E-state index in [1.54, 1.807) is 0 Å². The van der Waals surface area contributed by atoms with Crippen LogP contribution in [0.4, 0.5) is 0 Å². The van der Waals surface area contributed by atoms with Gasteiger partial charge in [-0.15, -0.1) is 0 Å². The number of hydrogen-bond donors (Lipinski definition) is 1. The van der Waals surface area contributed by atoms with Crippen molar-refractivity contribution in [2.45, 2.75) is 70.3 Å². The first-order valence-corrected chi connectivity index (χ1v) is 8.15. The van der Waals surface area contributed by atoms with Crippen molar-refractivity contribution in [2.24, 2.45) is 5.92 Å². The molecule has 0 aromatic heterocycles. The summed E-state index contributed by atoms with van der Waals surface area (Å²) in [5, 5.41) is 2.82. The van der Waals surface area contributed by atoms with Gasteiger partial charge in [-0.3, -0.25) is 9.59 Å². The van der Waals surface area contributed by atoms with E-state index in [1.165, 1.54) is 7.11 Å². The molecule has 124 valence electrons. The maximum absolute atomic E-state index is 12.7. The number of unbranched alkanes of at least 4 members (excludes halogenated alkanes) is 3. The quantitative estimate of drug-likeness (QED) is 0.307. The molecule has 2 aliphatic rings. The number of rotatable bonds is 9. The van der Waals surface area contributed by atoms with E-state index in [-0.39, 0.29) is 11.7 Å². The molecule has 2 fully saturated rings. The van der Waals surface area contributed by atoms with Gasteiger partial charge in [-0.25, -0.2) is 0 Å². The molecule has 0 aliphatic carbocycles. The fourth-order valence-corrected chi connectivity index (χ4v) is 3.31. The van der Waals surface area contributed by atoms with Crippen LogP contribution in [-0.4, -0.2) is 36.2 Å². The highest BCUT2D eigenvalue weighted by Gasteiger charge is 2.81. The summed E-state index contributed by atoms with van der Waals surface area (Å²) in [4.78, 5) is 25.0. The van der Waals surface area contributed by atoms with Crippen LogP contribution < -0.4 is 5.32 Å². The first-order valence-electron chi connectivity index (χ1n) is 8.15. The summed E-state index contributed by atoms with van der Waals surface area (Å²) in [5.41, 5.74) is -1.85. The molecule has 22 heavy (non-hydrogen) atoms. The van der Waals surface area contributed by atoms with Gasteiger partial charge in [-0.2, -0.15) is 0 Å². The summed E-state index contributed by atoms with van der Waals surface area (Å²) in [6.45, 7) is 9.88. The van der Waals surface area contributed by atoms with Gasteiger partial charge in [0, 0.05) is 13.0 Å². The average Bonchev–Trinajstić information content (AvgIpc) is 3.19. The predicted octanol–water partition coefficient (Wildman–Crippen LogP) is 2.35. The lowest BCUT2D eigenvalue weighted by molar-refractivity contribution is -0.143. The van der Waals surface area contributed by atoms with Crippen LogP contribution in [0.1, 0.15) is 52.9 Å². The fourth-order valence-electron chi connectivity index (χ4n) is 3.31. The summed E-state index contributed by atoms with van der Waals surface area (Å²) < 4.78 is 11.1. The van der Waals surface area contributed by atoms with Crippen molar-refractivity contribution in [1.82, 2.24) is 5.32 Å². The van der Waals surface area contributed by atoms with Crippen molar-refractivity contribution < 1.29 is 19.1 Å². The van der Waals surface area contributed by atoms with Crippen molar-refractivity contribution in [1.29, 1.82) is 0 Å². The van der Waals surface area contributed by atoms with Gasteiger partial charge >= 0.3 is 0 Å². The molecule has 1 amide bonds. The molecule has 5 heteroatoms. The maximum atomic E-state index is 12.7. The van der Waals surface area contributed by atoms with Crippen LogP contribution in [0.25, 0.3) is 0 Å². The normalized spacial score (nSPS) is 32.8. The molecule has 1 N–H and O–H groups in total. The van der Waals surface area contributed by atoms with Crippen LogP contribution in [0.5, 0.6) is 0 Å². The molecular weight excluding hydrogens is 282 g/mol. The number of carbonyl (C=O) groups is 2. The van der Waals surface area contributed by atoms with E-state index in [0.717, 1.165) is 25.7 Å². The molecule has 2 rings (SSSR count). The predicted molar refractivity (Wildman–Crippen MR) is 83.2 cm³/mol. The molecule has 2 saturated heterocycles. The van der Waals surface area contributed by atoms with Crippen LogP contribution in [0.15, 0.2) is 12.2 Å². The molecule has 2 heterocycles. The summed E-state index contributed by atoms with van der Waals surface area (Å²) in [5.74, 6) is -0.680. The van der Waals surface area contributed by atoms with Crippen LogP contribution in [0, 0.1) is 5.92 Å². The zero-order valence-corrected chi connectivity index (χ0v) is 14.0. The van der Waals surface area contributed by atoms with Crippen molar-refractivity contribution in [2.75, 3.05) is 7.11 Å². The number of ketones is 1. The average molecular weight is 309 g/mol. The third kappa shape index (κ3) is 2.40. The molecule has 0 radical (unpaired) electrons. The topological polar surface area (TPSA) is 67.9 Å². The van der Waals surface area contributed by atoms with Gasteiger partial charge in [0.2, 0.25) is 11.4 Å². The Balaban J connectivity index is 2.06. The number of methoxy groups -OCH3 is 1. The lowest BCUT2D eigenvalue weighted by Crippen LogP contribution is -2.53. The molecule has 0 bridgehead atoms. The van der Waals surface area contributed by atoms with E-state index >= 15 is 0 Å². The summed E-state index contributed by atoms with van der Waals surface area (Å²) >= 11 is 0. The highest BCUT2D eigenvalue weighted by molar-refractivity contribution is 6.21. The monoisotopic (exact) mass is 309 g/mol. The van der Waals surface area contributed by atoms with Crippen molar-refractivity contribution >= 4 is 11.7 Å². The molecule has 2 aliphatic heterocycles. The maximum Gasteiger partial charge on any atom is 0.265 e. The number of epoxide rings is 1. The van der Waals surface area contributed by atoms with E-state index in [1.807, 2.05) is 13.8 Å². The Hall–Kier alpha value is -1.20. The van der Waals surface area contributed by atoms with E-state index in [9.17, 15) is 9.59 Å². The number of fused-ring (bicyclic) bond motifs is 1. The second kappa shape index (κ2) is 6.13. The summed E-state index contributed by atoms with van der Waals surface area (Å²) in [7, 11) is 1.53. The second-order valence-corrected chi connectivity index (χ2v) is 6.58. The first kappa shape index (κ1) is 17.2.